The third-order valence-corrected chi connectivity index (χ3v) is 7.36. The largest absolute Gasteiger partial charge is 0.303 e. The zero-order valence-corrected chi connectivity index (χ0v) is 18.2. The van der Waals surface area contributed by atoms with Crippen LogP contribution in [0.3, 0.4) is 0 Å². The minimum atomic E-state index is -2.95. The van der Waals surface area contributed by atoms with E-state index in [1.165, 1.54) is 0 Å². The Morgan fingerprint density at radius 3 is 2.67 bits per heavy atom. The Kier molecular flexibility index (Phi) is 6.10. The van der Waals surface area contributed by atoms with Crippen molar-refractivity contribution in [3.05, 3.63) is 34.1 Å². The summed E-state index contributed by atoms with van der Waals surface area (Å²) in [6.45, 7) is 5.52. The van der Waals surface area contributed by atoms with Gasteiger partial charge >= 0.3 is 0 Å². The van der Waals surface area contributed by atoms with E-state index in [1.807, 2.05) is 35.9 Å². The Morgan fingerprint density at radius 2 is 2.07 bits per heavy atom. The molecule has 1 saturated heterocycles. The van der Waals surface area contributed by atoms with Crippen molar-refractivity contribution in [2.24, 2.45) is 13.0 Å². The second-order valence-electron chi connectivity index (χ2n) is 7.51. The van der Waals surface area contributed by atoms with Gasteiger partial charge in [-0.05, 0) is 36.7 Å². The summed E-state index contributed by atoms with van der Waals surface area (Å²) >= 11 is 11.9. The molecule has 2 heterocycles. The third kappa shape index (κ3) is 4.62. The summed E-state index contributed by atoms with van der Waals surface area (Å²) in [6, 6.07) is 7.54. The molecule has 1 unspecified atom stereocenters. The molecule has 0 amide bonds. The van der Waals surface area contributed by atoms with E-state index in [1.54, 1.807) is 4.68 Å². The average Bonchev–Trinajstić information content (AvgIpc) is 3.08. The van der Waals surface area contributed by atoms with Crippen molar-refractivity contribution in [1.29, 1.82) is 0 Å². The van der Waals surface area contributed by atoms with E-state index in [0.29, 0.717) is 34.6 Å². The second-order valence-corrected chi connectivity index (χ2v) is 10.5. The van der Waals surface area contributed by atoms with E-state index in [2.05, 4.69) is 18.7 Å². The van der Waals surface area contributed by atoms with Crippen LogP contribution in [0.2, 0.25) is 5.02 Å². The van der Waals surface area contributed by atoms with Crippen molar-refractivity contribution in [3.8, 4) is 11.4 Å². The molecule has 1 aromatic carbocycles. The van der Waals surface area contributed by atoms with Crippen LogP contribution >= 0.6 is 23.8 Å². The van der Waals surface area contributed by atoms with Crippen LogP contribution in [0.4, 0.5) is 0 Å². The zero-order chi connectivity index (χ0) is 19.8. The predicted molar refractivity (Wildman–Crippen MR) is 111 cm³/mol. The molecule has 2 aromatic rings. The number of benzene rings is 1. The normalized spacial score (nSPS) is 19.3. The van der Waals surface area contributed by atoms with Crippen LogP contribution in [-0.2, 0) is 23.6 Å². The van der Waals surface area contributed by atoms with Gasteiger partial charge in [0.25, 0.3) is 0 Å². The summed E-state index contributed by atoms with van der Waals surface area (Å²) in [6.07, 6.45) is 0.659. The molecular weight excluding hydrogens is 404 g/mol. The Labute approximate surface area is 170 Å². The van der Waals surface area contributed by atoms with E-state index < -0.39 is 9.84 Å². The molecule has 0 N–H and O–H groups in total. The maximum Gasteiger partial charge on any atom is 0.199 e. The van der Waals surface area contributed by atoms with Crippen molar-refractivity contribution in [1.82, 2.24) is 19.2 Å². The molecule has 1 atom stereocenters. The van der Waals surface area contributed by atoms with E-state index in [9.17, 15) is 8.42 Å². The number of nitrogens with zero attached hydrogens (tertiary/aromatic N) is 4. The zero-order valence-electron chi connectivity index (χ0n) is 15.8. The van der Waals surface area contributed by atoms with Crippen molar-refractivity contribution >= 4 is 33.7 Å². The van der Waals surface area contributed by atoms with Crippen molar-refractivity contribution in [3.63, 3.8) is 0 Å². The number of hydrogen-bond acceptors (Lipinski definition) is 5. The summed E-state index contributed by atoms with van der Waals surface area (Å²) < 4.78 is 28.1. The SMILES string of the molecule is CC(C)CN(Cn1nc(-c2ccccc2Cl)n(C)c1=S)C1CCS(=O)(=O)C1. The Morgan fingerprint density at radius 1 is 1.37 bits per heavy atom. The lowest BCUT2D eigenvalue weighted by Gasteiger charge is -2.29. The Bertz CT molecular complexity index is 981. The molecule has 0 aliphatic carbocycles. The van der Waals surface area contributed by atoms with Crippen LogP contribution < -0.4 is 0 Å². The summed E-state index contributed by atoms with van der Waals surface area (Å²) in [5.74, 6) is 1.57. The summed E-state index contributed by atoms with van der Waals surface area (Å²) in [4.78, 5) is 2.19. The van der Waals surface area contributed by atoms with Crippen LogP contribution in [0, 0.1) is 10.7 Å². The van der Waals surface area contributed by atoms with Gasteiger partial charge in [-0.25, -0.2) is 13.1 Å². The fourth-order valence-corrected chi connectivity index (χ4v) is 5.65. The Hall–Kier alpha value is -1.22. The first-order valence-electron chi connectivity index (χ1n) is 9.01. The first-order chi connectivity index (χ1) is 12.7. The van der Waals surface area contributed by atoms with Gasteiger partial charge in [0.1, 0.15) is 0 Å². The summed E-state index contributed by atoms with van der Waals surface area (Å²) in [5.41, 5.74) is 0.824. The fourth-order valence-electron chi connectivity index (χ4n) is 3.48. The monoisotopic (exact) mass is 428 g/mol. The molecule has 9 heteroatoms. The first kappa shape index (κ1) is 20.5. The van der Waals surface area contributed by atoms with E-state index in [-0.39, 0.29) is 17.5 Å². The molecule has 0 radical (unpaired) electrons. The van der Waals surface area contributed by atoms with Gasteiger partial charge < -0.3 is 4.57 Å². The molecule has 1 aliphatic rings. The topological polar surface area (TPSA) is 60.1 Å². The number of aromatic nitrogens is 3. The van der Waals surface area contributed by atoms with Gasteiger partial charge in [0.15, 0.2) is 20.4 Å². The van der Waals surface area contributed by atoms with E-state index in [0.717, 1.165) is 12.1 Å². The minimum absolute atomic E-state index is 0.00469. The lowest BCUT2D eigenvalue weighted by molar-refractivity contribution is 0.137. The standard InChI is InChI=1S/C18H25ClN4O2S2/c1-13(2)10-22(14-8-9-27(24,25)11-14)12-23-18(26)21(3)17(20-23)15-6-4-5-7-16(15)19/h4-7,13-14H,8-12H2,1-3H3. The van der Waals surface area contributed by atoms with Gasteiger partial charge in [-0.1, -0.05) is 37.6 Å². The van der Waals surface area contributed by atoms with E-state index in [4.69, 9.17) is 28.9 Å². The average molecular weight is 429 g/mol. The highest BCUT2D eigenvalue weighted by Gasteiger charge is 2.33. The van der Waals surface area contributed by atoms with Gasteiger partial charge in [-0.15, -0.1) is 0 Å². The predicted octanol–water partition coefficient (Wildman–Crippen LogP) is 3.37. The quantitative estimate of drug-likeness (QED) is 0.660. The summed E-state index contributed by atoms with van der Waals surface area (Å²) in [5, 5.41) is 5.31. The number of rotatable bonds is 6. The molecule has 1 aliphatic heterocycles. The molecule has 6 nitrogen and oxygen atoms in total. The molecule has 0 bridgehead atoms. The van der Waals surface area contributed by atoms with Crippen LogP contribution in [0.15, 0.2) is 24.3 Å². The Balaban J connectivity index is 1.92. The van der Waals surface area contributed by atoms with Crippen molar-refractivity contribution in [2.45, 2.75) is 33.0 Å². The van der Waals surface area contributed by atoms with Crippen LogP contribution in [0.25, 0.3) is 11.4 Å². The molecule has 148 valence electrons. The lowest BCUT2D eigenvalue weighted by Crippen LogP contribution is -2.40. The van der Waals surface area contributed by atoms with Gasteiger partial charge in [-0.2, -0.15) is 5.10 Å². The third-order valence-electron chi connectivity index (χ3n) is 4.80. The van der Waals surface area contributed by atoms with E-state index >= 15 is 0 Å². The molecule has 0 spiro atoms. The van der Waals surface area contributed by atoms with Crippen LogP contribution in [0.5, 0.6) is 0 Å². The smallest absolute Gasteiger partial charge is 0.199 e. The molecule has 0 saturated carbocycles. The molecule has 1 aromatic heterocycles. The van der Waals surface area contributed by atoms with Crippen LogP contribution in [-0.4, -0.2) is 51.8 Å². The molecule has 1 fully saturated rings. The van der Waals surface area contributed by atoms with Gasteiger partial charge in [-0.3, -0.25) is 4.90 Å². The molecular formula is C18H25ClN4O2S2. The highest BCUT2D eigenvalue weighted by Crippen LogP contribution is 2.26. The van der Waals surface area contributed by atoms with Crippen LogP contribution in [0.1, 0.15) is 20.3 Å². The van der Waals surface area contributed by atoms with Crippen molar-refractivity contribution < 1.29 is 8.42 Å². The molecule has 3 rings (SSSR count). The number of sulfone groups is 1. The van der Waals surface area contributed by atoms with Gasteiger partial charge in [0, 0.05) is 25.2 Å². The van der Waals surface area contributed by atoms with Gasteiger partial charge in [0.2, 0.25) is 0 Å². The summed E-state index contributed by atoms with van der Waals surface area (Å²) in [7, 11) is -1.08. The first-order valence-corrected chi connectivity index (χ1v) is 11.6. The number of hydrogen-bond donors (Lipinski definition) is 0. The maximum absolute atomic E-state index is 11.9. The minimum Gasteiger partial charge on any atom is -0.303 e. The van der Waals surface area contributed by atoms with Crippen molar-refractivity contribution in [2.75, 3.05) is 18.1 Å². The fraction of sp³-hybridized carbons (Fsp3) is 0.556. The highest BCUT2D eigenvalue weighted by molar-refractivity contribution is 7.91. The second kappa shape index (κ2) is 8.03. The highest BCUT2D eigenvalue weighted by atomic mass is 35.5. The van der Waals surface area contributed by atoms with Gasteiger partial charge in [0.05, 0.1) is 23.2 Å². The maximum atomic E-state index is 11.9. The number of halogens is 1. The molecule has 27 heavy (non-hydrogen) atoms. The lowest BCUT2D eigenvalue weighted by atomic mass is 10.1.